The Morgan fingerprint density at radius 2 is 2.05 bits per heavy atom. The van der Waals surface area contributed by atoms with E-state index in [4.69, 9.17) is 4.74 Å². The van der Waals surface area contributed by atoms with Gasteiger partial charge < -0.3 is 15.0 Å². The molecule has 1 aromatic rings. The molecule has 0 aliphatic carbocycles. The number of aryl methyl sites for hydroxylation is 1. The molecule has 0 aromatic heterocycles. The number of benzene rings is 1. The van der Waals surface area contributed by atoms with Crippen LogP contribution >= 0.6 is 0 Å². The second-order valence-electron chi connectivity index (χ2n) is 5.32. The highest BCUT2D eigenvalue weighted by Crippen LogP contribution is 2.22. The second-order valence-corrected chi connectivity index (χ2v) is 5.32. The second kappa shape index (κ2) is 8.98. The maximum absolute atomic E-state index is 5.04. The predicted octanol–water partition coefficient (Wildman–Crippen LogP) is 3.36. The number of nitrogens with zero attached hydrogens (tertiary/aromatic N) is 1. The molecule has 0 amide bonds. The van der Waals surface area contributed by atoms with Crippen molar-refractivity contribution in [3.05, 3.63) is 29.3 Å². The lowest BCUT2D eigenvalue weighted by molar-refractivity contribution is 0.199. The summed E-state index contributed by atoms with van der Waals surface area (Å²) in [5.74, 6) is 0. The quantitative estimate of drug-likeness (QED) is 0.701. The van der Waals surface area contributed by atoms with Crippen molar-refractivity contribution in [2.75, 3.05) is 31.7 Å². The third-order valence-electron chi connectivity index (χ3n) is 3.92. The Hall–Kier alpha value is -1.06. The zero-order chi connectivity index (χ0) is 15.0. The first-order valence-corrected chi connectivity index (χ1v) is 7.69. The summed E-state index contributed by atoms with van der Waals surface area (Å²) in [6.07, 6.45) is 1.17. The lowest BCUT2D eigenvalue weighted by Crippen LogP contribution is -2.32. The molecule has 114 valence electrons. The Balaban J connectivity index is 2.71. The smallest absolute Gasteiger partial charge is 0.0587 e. The molecule has 0 aliphatic rings. The van der Waals surface area contributed by atoms with Gasteiger partial charge in [0.05, 0.1) is 6.61 Å². The number of anilines is 1. The first kappa shape index (κ1) is 17.0. The number of rotatable bonds is 9. The van der Waals surface area contributed by atoms with Gasteiger partial charge in [0.2, 0.25) is 0 Å². The molecule has 0 aliphatic heterocycles. The van der Waals surface area contributed by atoms with E-state index < -0.39 is 0 Å². The third kappa shape index (κ3) is 4.80. The van der Waals surface area contributed by atoms with Gasteiger partial charge in [-0.3, -0.25) is 0 Å². The SMILES string of the molecule is CCC(C)N(CC)c1ccc(CNCCOC)c(C)c1. The van der Waals surface area contributed by atoms with Crippen LogP contribution in [0.1, 0.15) is 38.3 Å². The zero-order valence-electron chi connectivity index (χ0n) is 13.7. The molecule has 1 atom stereocenters. The van der Waals surface area contributed by atoms with Crippen molar-refractivity contribution in [1.29, 1.82) is 0 Å². The first-order valence-electron chi connectivity index (χ1n) is 7.69. The lowest BCUT2D eigenvalue weighted by Gasteiger charge is -2.30. The van der Waals surface area contributed by atoms with Gasteiger partial charge in [0.15, 0.2) is 0 Å². The van der Waals surface area contributed by atoms with E-state index >= 15 is 0 Å². The molecule has 3 heteroatoms. The van der Waals surface area contributed by atoms with E-state index in [1.165, 1.54) is 23.2 Å². The molecule has 0 bridgehead atoms. The molecule has 0 saturated carbocycles. The molecule has 0 fully saturated rings. The lowest BCUT2D eigenvalue weighted by atomic mass is 10.1. The first-order chi connectivity index (χ1) is 9.63. The van der Waals surface area contributed by atoms with Crippen LogP contribution in [-0.2, 0) is 11.3 Å². The molecule has 0 saturated heterocycles. The van der Waals surface area contributed by atoms with Crippen molar-refractivity contribution in [3.8, 4) is 0 Å². The molecule has 3 nitrogen and oxygen atoms in total. The highest BCUT2D eigenvalue weighted by molar-refractivity contribution is 5.51. The monoisotopic (exact) mass is 278 g/mol. The summed E-state index contributed by atoms with van der Waals surface area (Å²) < 4.78 is 5.04. The average Bonchev–Trinajstić information content (AvgIpc) is 2.46. The van der Waals surface area contributed by atoms with Crippen molar-refractivity contribution in [1.82, 2.24) is 5.32 Å². The highest BCUT2D eigenvalue weighted by atomic mass is 16.5. The van der Waals surface area contributed by atoms with Crippen molar-refractivity contribution < 1.29 is 4.74 Å². The molecule has 20 heavy (non-hydrogen) atoms. The van der Waals surface area contributed by atoms with Gasteiger partial charge in [-0.1, -0.05) is 13.0 Å². The molecular weight excluding hydrogens is 248 g/mol. The summed E-state index contributed by atoms with van der Waals surface area (Å²) in [5.41, 5.74) is 4.05. The predicted molar refractivity (Wildman–Crippen MR) is 87.5 cm³/mol. The van der Waals surface area contributed by atoms with Gasteiger partial charge in [0.25, 0.3) is 0 Å². The van der Waals surface area contributed by atoms with Gasteiger partial charge in [-0.2, -0.15) is 0 Å². The van der Waals surface area contributed by atoms with Gasteiger partial charge in [-0.15, -0.1) is 0 Å². The minimum absolute atomic E-state index is 0.588. The van der Waals surface area contributed by atoms with E-state index in [2.05, 4.69) is 56.1 Å². The Kier molecular flexibility index (Phi) is 7.63. The zero-order valence-corrected chi connectivity index (χ0v) is 13.7. The highest BCUT2D eigenvalue weighted by Gasteiger charge is 2.11. The number of nitrogens with one attached hydrogen (secondary N) is 1. The summed E-state index contributed by atoms with van der Waals surface area (Å²) in [4.78, 5) is 2.47. The van der Waals surface area contributed by atoms with Gasteiger partial charge in [0, 0.05) is 38.5 Å². The molecule has 1 N–H and O–H groups in total. The Labute approximate surface area is 124 Å². The third-order valence-corrected chi connectivity index (χ3v) is 3.92. The molecular formula is C17H30N2O. The van der Waals surface area contributed by atoms with Crippen molar-refractivity contribution in [2.45, 2.75) is 46.7 Å². The topological polar surface area (TPSA) is 24.5 Å². The van der Waals surface area contributed by atoms with Crippen LogP contribution in [0.25, 0.3) is 0 Å². The summed E-state index contributed by atoms with van der Waals surface area (Å²) in [5, 5.41) is 3.40. The van der Waals surface area contributed by atoms with Gasteiger partial charge in [-0.05, 0) is 50.5 Å². The van der Waals surface area contributed by atoms with E-state index in [1.54, 1.807) is 7.11 Å². The fourth-order valence-electron chi connectivity index (χ4n) is 2.42. The minimum atomic E-state index is 0.588. The van der Waals surface area contributed by atoms with Crippen LogP contribution < -0.4 is 10.2 Å². The summed E-state index contributed by atoms with van der Waals surface area (Å²) in [6, 6.07) is 7.39. The molecule has 1 rings (SSSR count). The van der Waals surface area contributed by atoms with Gasteiger partial charge in [-0.25, -0.2) is 0 Å². The average molecular weight is 278 g/mol. The molecule has 1 unspecified atom stereocenters. The van der Waals surface area contributed by atoms with Gasteiger partial charge >= 0.3 is 0 Å². The number of hydrogen-bond acceptors (Lipinski definition) is 3. The minimum Gasteiger partial charge on any atom is -0.383 e. The van der Waals surface area contributed by atoms with Crippen molar-refractivity contribution in [2.24, 2.45) is 0 Å². The van der Waals surface area contributed by atoms with Crippen molar-refractivity contribution >= 4 is 5.69 Å². The Bertz CT molecular complexity index is 393. The summed E-state index contributed by atoms with van der Waals surface area (Å²) >= 11 is 0. The number of ether oxygens (including phenoxy) is 1. The normalized spacial score (nSPS) is 12.4. The van der Waals surface area contributed by atoms with Crippen molar-refractivity contribution in [3.63, 3.8) is 0 Å². The summed E-state index contributed by atoms with van der Waals surface area (Å²) in [6.45, 7) is 12.6. The van der Waals surface area contributed by atoms with Crippen LogP contribution in [0.3, 0.4) is 0 Å². The van der Waals surface area contributed by atoms with E-state index in [0.29, 0.717) is 6.04 Å². The van der Waals surface area contributed by atoms with E-state index in [1.807, 2.05) is 0 Å². The maximum atomic E-state index is 5.04. The van der Waals surface area contributed by atoms with E-state index in [-0.39, 0.29) is 0 Å². The fourth-order valence-corrected chi connectivity index (χ4v) is 2.42. The van der Waals surface area contributed by atoms with Gasteiger partial charge in [0.1, 0.15) is 0 Å². The summed E-state index contributed by atoms with van der Waals surface area (Å²) in [7, 11) is 1.73. The van der Waals surface area contributed by atoms with E-state index in [9.17, 15) is 0 Å². The Morgan fingerprint density at radius 3 is 2.60 bits per heavy atom. The van der Waals surface area contributed by atoms with Crippen LogP contribution in [0.4, 0.5) is 5.69 Å². The standard InChI is InChI=1S/C17H30N2O/c1-6-15(4)19(7-2)17-9-8-16(14(3)12-17)13-18-10-11-20-5/h8-9,12,15,18H,6-7,10-11,13H2,1-5H3. The maximum Gasteiger partial charge on any atom is 0.0587 e. The van der Waals surface area contributed by atoms with Crippen LogP contribution in [0, 0.1) is 6.92 Å². The molecule has 0 heterocycles. The van der Waals surface area contributed by atoms with Crippen LogP contribution in [0.2, 0.25) is 0 Å². The molecule has 1 aromatic carbocycles. The molecule has 0 spiro atoms. The Morgan fingerprint density at radius 1 is 1.30 bits per heavy atom. The van der Waals surface area contributed by atoms with Crippen LogP contribution in [0.5, 0.6) is 0 Å². The number of hydrogen-bond donors (Lipinski definition) is 1. The van der Waals surface area contributed by atoms with E-state index in [0.717, 1.165) is 26.2 Å². The fraction of sp³-hybridized carbons (Fsp3) is 0.647. The van der Waals surface area contributed by atoms with Crippen LogP contribution in [-0.4, -0.2) is 32.8 Å². The number of methoxy groups -OCH3 is 1. The largest absolute Gasteiger partial charge is 0.383 e. The molecule has 0 radical (unpaired) electrons. The van der Waals surface area contributed by atoms with Crippen LogP contribution in [0.15, 0.2) is 18.2 Å².